The molecule has 1 N–H and O–H groups in total. The van der Waals surface area contributed by atoms with E-state index in [1.807, 2.05) is 18.2 Å². The number of rotatable bonds is 5. The molecule has 1 saturated heterocycles. The number of hydrogen-bond donors (Lipinski definition) is 1. The molecule has 1 fully saturated rings. The Bertz CT molecular complexity index is 430. The number of benzene rings is 1. The van der Waals surface area contributed by atoms with E-state index >= 15 is 0 Å². The molecule has 19 heavy (non-hydrogen) atoms. The van der Waals surface area contributed by atoms with Gasteiger partial charge in [-0.1, -0.05) is 13.0 Å². The maximum absolute atomic E-state index is 9.02. The Morgan fingerprint density at radius 3 is 2.84 bits per heavy atom. The fourth-order valence-electron chi connectivity index (χ4n) is 2.74. The van der Waals surface area contributed by atoms with Gasteiger partial charge in [-0.05, 0) is 56.5 Å². The van der Waals surface area contributed by atoms with Crippen LogP contribution in [0.15, 0.2) is 24.3 Å². The van der Waals surface area contributed by atoms with E-state index in [2.05, 4.69) is 29.3 Å². The molecule has 0 aliphatic carbocycles. The van der Waals surface area contributed by atoms with Gasteiger partial charge in [0.2, 0.25) is 0 Å². The zero-order chi connectivity index (χ0) is 13.5. The van der Waals surface area contributed by atoms with Gasteiger partial charge in [0.05, 0.1) is 11.6 Å². The Morgan fingerprint density at radius 1 is 1.37 bits per heavy atom. The molecule has 0 saturated carbocycles. The van der Waals surface area contributed by atoms with Gasteiger partial charge in [-0.3, -0.25) is 0 Å². The lowest BCUT2D eigenvalue weighted by molar-refractivity contribution is 0.373. The summed E-state index contributed by atoms with van der Waals surface area (Å²) in [5, 5.41) is 12.4. The fraction of sp³-hybridized carbons (Fsp3) is 0.562. The molecule has 1 heterocycles. The van der Waals surface area contributed by atoms with Gasteiger partial charge in [0.1, 0.15) is 0 Å². The first-order valence-corrected chi connectivity index (χ1v) is 7.29. The van der Waals surface area contributed by atoms with Gasteiger partial charge < -0.3 is 10.2 Å². The molecule has 1 aromatic rings. The monoisotopic (exact) mass is 257 g/mol. The molecule has 0 amide bonds. The molecule has 0 unspecified atom stereocenters. The van der Waals surface area contributed by atoms with Crippen LogP contribution in [-0.2, 0) is 0 Å². The Balaban J connectivity index is 2.07. The first-order valence-electron chi connectivity index (χ1n) is 7.29. The van der Waals surface area contributed by atoms with Crippen LogP contribution in [0.25, 0.3) is 0 Å². The summed E-state index contributed by atoms with van der Waals surface area (Å²) in [6, 6.07) is 10.2. The van der Waals surface area contributed by atoms with Crippen molar-refractivity contribution in [1.29, 1.82) is 5.26 Å². The largest absolute Gasteiger partial charge is 0.371 e. The Morgan fingerprint density at radius 2 is 2.16 bits per heavy atom. The quantitative estimate of drug-likeness (QED) is 0.881. The SMILES string of the molecule is CCCN(CC1CCNCC1)c1cccc(C#N)c1. The van der Waals surface area contributed by atoms with E-state index in [0.717, 1.165) is 44.1 Å². The van der Waals surface area contributed by atoms with Crippen molar-refractivity contribution in [2.45, 2.75) is 26.2 Å². The second-order valence-corrected chi connectivity index (χ2v) is 5.30. The van der Waals surface area contributed by atoms with Crippen molar-refractivity contribution < 1.29 is 0 Å². The van der Waals surface area contributed by atoms with Gasteiger partial charge in [-0.25, -0.2) is 0 Å². The number of anilines is 1. The maximum Gasteiger partial charge on any atom is 0.0992 e. The average molecular weight is 257 g/mol. The zero-order valence-corrected chi connectivity index (χ0v) is 11.7. The molecule has 1 aromatic carbocycles. The third kappa shape index (κ3) is 3.97. The van der Waals surface area contributed by atoms with Gasteiger partial charge in [-0.15, -0.1) is 0 Å². The predicted octanol–water partition coefficient (Wildman–Crippen LogP) is 2.77. The molecule has 0 aromatic heterocycles. The van der Waals surface area contributed by atoms with E-state index < -0.39 is 0 Å². The fourth-order valence-corrected chi connectivity index (χ4v) is 2.74. The highest BCUT2D eigenvalue weighted by Crippen LogP contribution is 2.21. The van der Waals surface area contributed by atoms with Crippen LogP contribution in [0, 0.1) is 17.2 Å². The van der Waals surface area contributed by atoms with Crippen LogP contribution in [0.4, 0.5) is 5.69 Å². The average Bonchev–Trinajstić information content (AvgIpc) is 2.48. The maximum atomic E-state index is 9.02. The van der Waals surface area contributed by atoms with Crippen LogP contribution in [0.2, 0.25) is 0 Å². The third-order valence-electron chi connectivity index (χ3n) is 3.77. The van der Waals surface area contributed by atoms with Crippen LogP contribution < -0.4 is 10.2 Å². The van der Waals surface area contributed by atoms with E-state index in [-0.39, 0.29) is 0 Å². The van der Waals surface area contributed by atoms with Gasteiger partial charge in [-0.2, -0.15) is 5.26 Å². The van der Waals surface area contributed by atoms with Crippen molar-refractivity contribution in [2.75, 3.05) is 31.1 Å². The standard InChI is InChI=1S/C16H23N3/c1-2-10-19(13-14-6-8-18-9-7-14)16-5-3-4-15(11-16)12-17/h3-5,11,14,18H,2,6-10,13H2,1H3. The Kier molecular flexibility index (Phi) is 5.23. The highest BCUT2D eigenvalue weighted by molar-refractivity contribution is 5.51. The molecule has 3 heteroatoms. The molecule has 0 spiro atoms. The lowest BCUT2D eigenvalue weighted by Gasteiger charge is -2.31. The lowest BCUT2D eigenvalue weighted by atomic mass is 9.97. The minimum Gasteiger partial charge on any atom is -0.371 e. The first-order chi connectivity index (χ1) is 9.33. The van der Waals surface area contributed by atoms with Crippen molar-refractivity contribution in [1.82, 2.24) is 5.32 Å². The predicted molar refractivity (Wildman–Crippen MR) is 79.3 cm³/mol. The van der Waals surface area contributed by atoms with Crippen molar-refractivity contribution in [3.05, 3.63) is 29.8 Å². The highest BCUT2D eigenvalue weighted by atomic mass is 15.1. The molecule has 102 valence electrons. The summed E-state index contributed by atoms with van der Waals surface area (Å²) in [5.41, 5.74) is 1.95. The molecule has 1 aliphatic heterocycles. The number of piperidine rings is 1. The van der Waals surface area contributed by atoms with Gasteiger partial charge in [0.25, 0.3) is 0 Å². The Hall–Kier alpha value is -1.53. The van der Waals surface area contributed by atoms with Gasteiger partial charge >= 0.3 is 0 Å². The van der Waals surface area contributed by atoms with E-state index in [1.54, 1.807) is 0 Å². The number of nitrogens with one attached hydrogen (secondary N) is 1. The molecule has 2 rings (SSSR count). The second-order valence-electron chi connectivity index (χ2n) is 5.30. The summed E-state index contributed by atoms with van der Waals surface area (Å²) in [5.74, 6) is 0.776. The number of hydrogen-bond acceptors (Lipinski definition) is 3. The lowest BCUT2D eigenvalue weighted by Crippen LogP contribution is -2.36. The van der Waals surface area contributed by atoms with Crippen LogP contribution in [-0.4, -0.2) is 26.2 Å². The van der Waals surface area contributed by atoms with Gasteiger partial charge in [0, 0.05) is 18.8 Å². The van der Waals surface area contributed by atoms with E-state index in [1.165, 1.54) is 18.5 Å². The summed E-state index contributed by atoms with van der Waals surface area (Å²) in [6.07, 6.45) is 3.66. The first kappa shape index (κ1) is 13.9. The summed E-state index contributed by atoms with van der Waals surface area (Å²) in [7, 11) is 0. The third-order valence-corrected chi connectivity index (χ3v) is 3.77. The van der Waals surface area contributed by atoms with Crippen molar-refractivity contribution in [3.63, 3.8) is 0 Å². The normalized spacial score (nSPS) is 16.0. The molecular weight excluding hydrogens is 234 g/mol. The molecular formula is C16H23N3. The van der Waals surface area contributed by atoms with Crippen LogP contribution in [0.3, 0.4) is 0 Å². The van der Waals surface area contributed by atoms with Crippen molar-refractivity contribution in [2.24, 2.45) is 5.92 Å². The van der Waals surface area contributed by atoms with Crippen LogP contribution in [0.1, 0.15) is 31.7 Å². The highest BCUT2D eigenvalue weighted by Gasteiger charge is 2.17. The van der Waals surface area contributed by atoms with Crippen molar-refractivity contribution in [3.8, 4) is 6.07 Å². The smallest absolute Gasteiger partial charge is 0.0992 e. The molecule has 3 nitrogen and oxygen atoms in total. The van der Waals surface area contributed by atoms with Crippen LogP contribution >= 0.6 is 0 Å². The van der Waals surface area contributed by atoms with Gasteiger partial charge in [0.15, 0.2) is 0 Å². The summed E-state index contributed by atoms with van der Waals surface area (Å²) in [6.45, 7) is 6.68. The molecule has 0 atom stereocenters. The zero-order valence-electron chi connectivity index (χ0n) is 11.7. The van der Waals surface area contributed by atoms with Crippen LogP contribution in [0.5, 0.6) is 0 Å². The molecule has 0 radical (unpaired) electrons. The minimum absolute atomic E-state index is 0.754. The summed E-state index contributed by atoms with van der Waals surface area (Å²) < 4.78 is 0. The summed E-state index contributed by atoms with van der Waals surface area (Å²) >= 11 is 0. The topological polar surface area (TPSA) is 39.1 Å². The number of nitriles is 1. The van der Waals surface area contributed by atoms with Crippen molar-refractivity contribution >= 4 is 5.69 Å². The minimum atomic E-state index is 0.754. The van der Waals surface area contributed by atoms with E-state index in [4.69, 9.17) is 5.26 Å². The summed E-state index contributed by atoms with van der Waals surface area (Å²) in [4.78, 5) is 2.44. The van der Waals surface area contributed by atoms with E-state index in [0.29, 0.717) is 0 Å². The molecule has 1 aliphatic rings. The molecule has 0 bridgehead atoms. The van der Waals surface area contributed by atoms with E-state index in [9.17, 15) is 0 Å². The Labute approximate surface area is 116 Å². The number of nitrogens with zero attached hydrogens (tertiary/aromatic N) is 2. The second kappa shape index (κ2) is 7.16.